The van der Waals surface area contributed by atoms with Crippen molar-refractivity contribution in [2.45, 2.75) is 19.0 Å². The molecule has 1 N–H and O–H groups in total. The minimum absolute atomic E-state index is 0.0149. The van der Waals surface area contributed by atoms with Crippen molar-refractivity contribution in [3.63, 3.8) is 0 Å². The Morgan fingerprint density at radius 3 is 2.40 bits per heavy atom. The maximum atomic E-state index is 12.5. The van der Waals surface area contributed by atoms with E-state index in [4.69, 9.17) is 9.90 Å². The van der Waals surface area contributed by atoms with Gasteiger partial charge in [0, 0.05) is 64.3 Å². The van der Waals surface area contributed by atoms with Gasteiger partial charge in [0.15, 0.2) is 0 Å². The van der Waals surface area contributed by atoms with E-state index in [1.807, 2.05) is 26.0 Å². The summed E-state index contributed by atoms with van der Waals surface area (Å²) in [4.78, 5) is 35.3. The molecule has 0 fully saturated rings. The lowest BCUT2D eigenvalue weighted by atomic mass is 9.94. The van der Waals surface area contributed by atoms with Crippen molar-refractivity contribution < 1.29 is 14.7 Å². The molecule has 30 heavy (non-hydrogen) atoms. The van der Waals surface area contributed by atoms with Crippen molar-refractivity contribution in [2.75, 3.05) is 39.6 Å². The molecule has 2 aromatic rings. The zero-order valence-corrected chi connectivity index (χ0v) is 17.9. The van der Waals surface area contributed by atoms with Crippen LogP contribution in [0.1, 0.15) is 16.7 Å². The predicted octanol–water partition coefficient (Wildman–Crippen LogP) is 1.77. The van der Waals surface area contributed by atoms with Crippen LogP contribution in [0.25, 0.3) is 6.08 Å². The highest BCUT2D eigenvalue weighted by molar-refractivity contribution is 5.91. The zero-order chi connectivity index (χ0) is 22.1. The third-order valence-electron chi connectivity index (χ3n) is 4.95. The first-order chi connectivity index (χ1) is 14.3. The van der Waals surface area contributed by atoms with Crippen molar-refractivity contribution in [1.29, 1.82) is 0 Å². The summed E-state index contributed by atoms with van der Waals surface area (Å²) in [6.07, 6.45) is 7.76. The third-order valence-corrected chi connectivity index (χ3v) is 4.95. The molecule has 0 spiro atoms. The molecule has 0 bridgehead atoms. The van der Waals surface area contributed by atoms with Gasteiger partial charge < -0.3 is 14.9 Å². The van der Waals surface area contributed by atoms with Crippen LogP contribution in [0.4, 0.5) is 5.95 Å². The van der Waals surface area contributed by atoms with Gasteiger partial charge in [-0.25, -0.2) is 9.97 Å². The second-order valence-corrected chi connectivity index (χ2v) is 7.41. The number of carbonyl (C=O) groups excluding carboxylic acids is 1. The lowest BCUT2D eigenvalue weighted by molar-refractivity contribution is -0.125. The van der Waals surface area contributed by atoms with E-state index < -0.39 is 0 Å². The van der Waals surface area contributed by atoms with E-state index in [-0.39, 0.29) is 12.4 Å². The predicted molar refractivity (Wildman–Crippen MR) is 117 cm³/mol. The minimum atomic E-state index is -0.250. The summed E-state index contributed by atoms with van der Waals surface area (Å²) in [6.45, 7) is 1.37. The number of aromatic nitrogens is 2. The lowest BCUT2D eigenvalue weighted by Gasteiger charge is -2.36. The number of carboxylic acid groups (broad SMARTS) is 1. The number of hydrogen-bond donors (Lipinski definition) is 1. The normalized spacial score (nSPS) is 15.7. The van der Waals surface area contributed by atoms with Gasteiger partial charge in [0.25, 0.3) is 6.47 Å². The Morgan fingerprint density at radius 2 is 1.80 bits per heavy atom. The van der Waals surface area contributed by atoms with Gasteiger partial charge in [0.05, 0.1) is 0 Å². The lowest BCUT2D eigenvalue weighted by Crippen LogP contribution is -2.45. The van der Waals surface area contributed by atoms with Crippen LogP contribution in [0.2, 0.25) is 0 Å². The molecule has 2 heterocycles. The van der Waals surface area contributed by atoms with Gasteiger partial charge in [0.2, 0.25) is 11.9 Å². The fourth-order valence-electron chi connectivity index (χ4n) is 3.27. The summed E-state index contributed by atoms with van der Waals surface area (Å²) >= 11 is 0. The molecule has 0 aliphatic carbocycles. The number of nitrogens with zero attached hydrogens (tertiary/aromatic N) is 5. The number of amides is 1. The maximum absolute atomic E-state index is 12.5. The first kappa shape index (κ1) is 23.0. The number of carbonyl (C=O) groups is 2. The molecule has 1 atom stereocenters. The Bertz CT molecular complexity index is 867. The number of fused-ring (bicyclic) bond motifs is 1. The largest absolute Gasteiger partial charge is 0.483 e. The summed E-state index contributed by atoms with van der Waals surface area (Å²) in [5, 5.41) is 6.89. The molecule has 0 saturated carbocycles. The number of anilines is 1. The number of hydrogen-bond acceptors (Lipinski definition) is 6. The summed E-state index contributed by atoms with van der Waals surface area (Å²) in [5.41, 5.74) is 3.58. The molecule has 3 rings (SSSR count). The number of rotatable bonds is 5. The van der Waals surface area contributed by atoms with E-state index in [9.17, 15) is 4.79 Å². The first-order valence-corrected chi connectivity index (χ1v) is 9.63. The number of likely N-dealkylation sites (N-methyl/N-ethyl adjacent to an activating group) is 2. The molecule has 1 aliphatic rings. The van der Waals surface area contributed by atoms with Crippen molar-refractivity contribution in [2.24, 2.45) is 0 Å². The van der Waals surface area contributed by atoms with Gasteiger partial charge in [-0.3, -0.25) is 14.5 Å². The summed E-state index contributed by atoms with van der Waals surface area (Å²) in [6, 6.07) is 8.87. The maximum Gasteiger partial charge on any atom is 0.290 e. The molecule has 0 radical (unpaired) electrons. The van der Waals surface area contributed by atoms with Crippen molar-refractivity contribution in [3.05, 3.63) is 59.4 Å². The van der Waals surface area contributed by atoms with Crippen LogP contribution in [0.5, 0.6) is 0 Å². The first-order valence-electron chi connectivity index (χ1n) is 9.63. The van der Waals surface area contributed by atoms with Gasteiger partial charge in [-0.2, -0.15) is 0 Å². The van der Waals surface area contributed by atoms with Crippen LogP contribution < -0.4 is 4.90 Å². The highest BCUT2D eigenvalue weighted by Crippen LogP contribution is 2.22. The van der Waals surface area contributed by atoms with Gasteiger partial charge in [-0.1, -0.05) is 24.3 Å². The Morgan fingerprint density at radius 1 is 1.20 bits per heavy atom. The van der Waals surface area contributed by atoms with E-state index in [1.54, 1.807) is 29.4 Å². The average Bonchev–Trinajstić information content (AvgIpc) is 2.73. The minimum Gasteiger partial charge on any atom is -0.483 e. The van der Waals surface area contributed by atoms with E-state index in [0.717, 1.165) is 18.5 Å². The summed E-state index contributed by atoms with van der Waals surface area (Å²) < 4.78 is 0. The highest BCUT2D eigenvalue weighted by Gasteiger charge is 2.24. The Balaban J connectivity index is 0.00000101. The fourth-order valence-corrected chi connectivity index (χ4v) is 3.27. The zero-order valence-electron chi connectivity index (χ0n) is 17.9. The molecule has 1 aromatic heterocycles. The second-order valence-electron chi connectivity index (χ2n) is 7.41. The van der Waals surface area contributed by atoms with Crippen molar-refractivity contribution in [3.8, 4) is 0 Å². The molecular weight excluding hydrogens is 382 g/mol. The fraction of sp³-hybridized carbons (Fsp3) is 0.364. The van der Waals surface area contributed by atoms with Crippen LogP contribution in [0, 0.1) is 0 Å². The topological polar surface area (TPSA) is 89.9 Å². The van der Waals surface area contributed by atoms with E-state index in [1.165, 1.54) is 11.1 Å². The van der Waals surface area contributed by atoms with Gasteiger partial charge in [0.1, 0.15) is 0 Å². The Hall–Kier alpha value is -3.26. The van der Waals surface area contributed by atoms with Gasteiger partial charge in [-0.05, 0) is 30.7 Å². The number of benzene rings is 1. The Labute approximate surface area is 177 Å². The monoisotopic (exact) mass is 411 g/mol. The highest BCUT2D eigenvalue weighted by atomic mass is 16.3. The van der Waals surface area contributed by atoms with E-state index >= 15 is 0 Å². The Kier molecular flexibility index (Phi) is 8.49. The van der Waals surface area contributed by atoms with Crippen LogP contribution in [0.3, 0.4) is 0 Å². The molecule has 8 heteroatoms. The summed E-state index contributed by atoms with van der Waals surface area (Å²) in [7, 11) is 7.76. The van der Waals surface area contributed by atoms with Crippen molar-refractivity contribution >= 4 is 24.4 Å². The second kappa shape index (κ2) is 11.1. The van der Waals surface area contributed by atoms with E-state index in [0.29, 0.717) is 18.5 Å². The van der Waals surface area contributed by atoms with Gasteiger partial charge >= 0.3 is 0 Å². The van der Waals surface area contributed by atoms with Crippen LogP contribution in [-0.2, 0) is 22.6 Å². The summed E-state index contributed by atoms with van der Waals surface area (Å²) in [5.74, 6) is 0.634. The average molecular weight is 412 g/mol. The smallest absolute Gasteiger partial charge is 0.290 e. The molecule has 160 valence electrons. The molecule has 1 aromatic carbocycles. The van der Waals surface area contributed by atoms with Crippen molar-refractivity contribution in [1.82, 2.24) is 19.8 Å². The third kappa shape index (κ3) is 6.38. The van der Waals surface area contributed by atoms with Crippen LogP contribution in [-0.4, -0.2) is 78.0 Å². The molecule has 8 nitrogen and oxygen atoms in total. The van der Waals surface area contributed by atoms with Crippen LogP contribution in [0.15, 0.2) is 42.7 Å². The van der Waals surface area contributed by atoms with Crippen LogP contribution >= 0.6 is 0 Å². The molecule has 1 aliphatic heterocycles. The molecule has 1 unspecified atom stereocenters. The SMILES string of the molecule is CN(CC1Cc2ccccc2CN1C)C(=O)C=Cc1cnc(N(C)C)nc1.O=CO. The van der Waals surface area contributed by atoms with Gasteiger partial charge in [-0.15, -0.1) is 0 Å². The molecule has 1 amide bonds. The van der Waals surface area contributed by atoms with E-state index in [2.05, 4.69) is 46.2 Å². The molecular formula is C22H29N5O3. The quantitative estimate of drug-likeness (QED) is 0.592. The standard InChI is InChI=1S/C21H27N5O.CH2O2/c1-24(2)21-22-12-16(13-23-21)9-10-20(27)26(4)15-19-11-17-7-5-6-8-18(17)14-25(19)3;2-1-3/h5-10,12-13,19H,11,14-15H2,1-4H3;1H,(H,2,3). The molecule has 0 saturated heterocycles.